The van der Waals surface area contributed by atoms with E-state index in [9.17, 15) is 22.8 Å². The van der Waals surface area contributed by atoms with E-state index in [2.05, 4.69) is 42.1 Å². The van der Waals surface area contributed by atoms with Crippen LogP contribution in [0.5, 0.6) is 5.88 Å². The number of fused-ring (bicyclic) bond motifs is 1. The van der Waals surface area contributed by atoms with Gasteiger partial charge in [0, 0.05) is 25.1 Å². The SMILES string of the molecule is C=C.CC(C)(C)[C@H](O)C=O.CC1CCC[C@H]1CCCCCc1nc2ccc(C(F)(F)F)cc2nc1O[C@H]1CN(C)C([C-]=O)[C@@H]1C.NC=O.[V]. The van der Waals surface area contributed by atoms with Gasteiger partial charge >= 0.3 is 6.18 Å². The summed E-state index contributed by atoms with van der Waals surface area (Å²) in [5.74, 6) is 1.82. The van der Waals surface area contributed by atoms with E-state index in [0.717, 1.165) is 36.8 Å². The number of likely N-dealkylation sites (tertiary alicyclic amines) is 1. The number of carbonyl (C=O) groups is 2. The molecule has 1 aromatic carbocycles. The van der Waals surface area contributed by atoms with E-state index in [1.807, 2.05) is 39.6 Å². The molecular weight excluding hydrogens is 676 g/mol. The van der Waals surface area contributed by atoms with Crippen LogP contribution in [0.3, 0.4) is 0 Å². The van der Waals surface area contributed by atoms with Gasteiger partial charge in [0.05, 0.1) is 16.6 Å². The predicted molar refractivity (Wildman–Crippen MR) is 182 cm³/mol. The summed E-state index contributed by atoms with van der Waals surface area (Å²) in [6.07, 6.45) is 6.34. The maximum atomic E-state index is 13.3. The Balaban J connectivity index is 0.00000142. The molecule has 2 aliphatic rings. The third-order valence-corrected chi connectivity index (χ3v) is 8.98. The Morgan fingerprint density at radius 3 is 2.20 bits per heavy atom. The summed E-state index contributed by atoms with van der Waals surface area (Å²) in [5, 5.41) is 8.83. The molecule has 9 nitrogen and oxygen atoms in total. The third kappa shape index (κ3) is 14.5. The summed E-state index contributed by atoms with van der Waals surface area (Å²) in [7, 11) is 1.84. The quantitative estimate of drug-likeness (QED) is 0.123. The molecule has 1 saturated heterocycles. The standard InChI is InChI=1S/C27H35F3N3O2.C6H12O2.C2H4.CH3NO.V/c1-17-8-7-10-19(17)9-5-4-6-11-22-26(35-25-15-33(3)24(16-34)18(25)2)32-23-14-20(27(28,29)30)12-13-21(23)31-22;1-6(2,3)5(8)4-7;1-2;2-1-3;/h12-14,17-19,24-25H,4-11,15H2,1-3H3;4-5,8H,1-3H3;1-2H2;1H,(H2,2,3);/q-1;;;;/t17?,18-,19+,24?,25-;5-;;;/m01.../s1. The number of primary amides is 1. The van der Waals surface area contributed by atoms with E-state index in [0.29, 0.717) is 30.5 Å². The van der Waals surface area contributed by atoms with Gasteiger partial charge in [-0.3, -0.25) is 4.79 Å². The second-order valence-electron chi connectivity index (χ2n) is 13.5. The number of hydrogen-bond donors (Lipinski definition) is 2. The van der Waals surface area contributed by atoms with E-state index < -0.39 is 17.8 Å². The zero-order chi connectivity index (χ0) is 36.7. The fraction of sp³-hybridized carbons (Fsp3) is 0.639. The van der Waals surface area contributed by atoms with Crippen molar-refractivity contribution in [3.63, 3.8) is 0 Å². The second kappa shape index (κ2) is 22.1. The monoisotopic (exact) mass is 730 g/mol. The topological polar surface area (TPSA) is 136 Å². The van der Waals surface area contributed by atoms with Crippen LogP contribution in [0, 0.1) is 23.2 Å². The molecule has 2 fully saturated rings. The van der Waals surface area contributed by atoms with Crippen molar-refractivity contribution in [2.75, 3.05) is 13.6 Å². The number of alkyl halides is 3. The summed E-state index contributed by atoms with van der Waals surface area (Å²) < 4.78 is 46.0. The number of halogens is 3. The zero-order valence-electron chi connectivity index (χ0n) is 29.7. The van der Waals surface area contributed by atoms with Gasteiger partial charge in [0.2, 0.25) is 12.3 Å². The van der Waals surface area contributed by atoms with Gasteiger partial charge in [-0.05, 0) is 61.3 Å². The molecule has 275 valence electrons. The van der Waals surface area contributed by atoms with Crippen molar-refractivity contribution < 1.29 is 56.0 Å². The van der Waals surface area contributed by atoms with Crippen molar-refractivity contribution >= 4 is 30.0 Å². The Kier molecular flexibility index (Phi) is 20.8. The summed E-state index contributed by atoms with van der Waals surface area (Å²) in [6.45, 7) is 16.2. The van der Waals surface area contributed by atoms with E-state index in [-0.39, 0.29) is 59.8 Å². The molecule has 2 aromatic rings. The van der Waals surface area contributed by atoms with Crippen molar-refractivity contribution in [1.29, 1.82) is 0 Å². The Hall–Kier alpha value is -2.80. The molecule has 6 atom stereocenters. The van der Waals surface area contributed by atoms with Crippen LogP contribution in [0.2, 0.25) is 0 Å². The van der Waals surface area contributed by atoms with Crippen LogP contribution in [0.4, 0.5) is 13.2 Å². The summed E-state index contributed by atoms with van der Waals surface area (Å²) in [6, 6.07) is 3.06. The molecule has 2 heterocycles. The van der Waals surface area contributed by atoms with Gasteiger partial charge in [-0.2, -0.15) is 13.2 Å². The minimum atomic E-state index is -4.46. The van der Waals surface area contributed by atoms with Crippen LogP contribution in [-0.2, 0) is 45.5 Å². The average Bonchev–Trinajstić information content (AvgIpc) is 3.56. The molecule has 13 heteroatoms. The predicted octanol–water partition coefficient (Wildman–Crippen LogP) is 6.49. The molecule has 4 rings (SSSR count). The number of likely N-dealkylation sites (N-methyl/N-ethyl adjacent to an activating group) is 1. The molecule has 0 bridgehead atoms. The number of aryl methyl sites for hydroxylation is 1. The Bertz CT molecular complexity index is 1290. The number of nitrogens with two attached hydrogens (primary N) is 1. The first-order valence-corrected chi connectivity index (χ1v) is 16.5. The number of aromatic nitrogens is 2. The molecular formula is C36H54F3N4O5V-. The summed E-state index contributed by atoms with van der Waals surface area (Å²) >= 11 is 0. The number of rotatable bonds is 10. The maximum absolute atomic E-state index is 13.3. The van der Waals surface area contributed by atoms with Gasteiger partial charge in [-0.25, -0.2) is 16.3 Å². The number of hydrogen-bond acceptors (Lipinski definition) is 8. The molecule has 1 aliphatic heterocycles. The number of aliphatic hydroxyl groups is 1. The van der Waals surface area contributed by atoms with Crippen molar-refractivity contribution in [2.24, 2.45) is 28.9 Å². The van der Waals surface area contributed by atoms with Crippen LogP contribution in [0.15, 0.2) is 31.4 Å². The number of benzene rings is 1. The van der Waals surface area contributed by atoms with Crippen LogP contribution in [0.25, 0.3) is 11.0 Å². The normalized spacial score (nSPS) is 22.5. The largest absolute Gasteiger partial charge is 0.540 e. The first-order valence-electron chi connectivity index (χ1n) is 16.5. The molecule has 49 heavy (non-hydrogen) atoms. The molecule has 2 unspecified atom stereocenters. The van der Waals surface area contributed by atoms with E-state index in [4.69, 9.17) is 14.6 Å². The molecule has 1 saturated carbocycles. The fourth-order valence-electron chi connectivity index (χ4n) is 5.89. The van der Waals surface area contributed by atoms with E-state index in [1.165, 1.54) is 38.2 Å². The minimum absolute atomic E-state index is 0. The van der Waals surface area contributed by atoms with Gasteiger partial charge in [0.15, 0.2) is 0 Å². The van der Waals surface area contributed by atoms with Crippen LogP contribution >= 0.6 is 0 Å². The second-order valence-corrected chi connectivity index (χ2v) is 13.5. The first kappa shape index (κ1) is 46.2. The number of nitrogens with zero attached hydrogens (tertiary/aromatic N) is 3. The van der Waals surface area contributed by atoms with Gasteiger partial charge in [0.1, 0.15) is 24.2 Å². The van der Waals surface area contributed by atoms with Crippen LogP contribution < -0.4 is 10.5 Å². The number of unbranched alkanes of at least 4 members (excludes halogenated alkanes) is 2. The smallest absolute Gasteiger partial charge is 0.416 e. The zero-order valence-corrected chi connectivity index (χ0v) is 31.1. The van der Waals surface area contributed by atoms with Crippen molar-refractivity contribution in [3.05, 3.63) is 42.6 Å². The van der Waals surface area contributed by atoms with Crippen LogP contribution in [0.1, 0.15) is 90.8 Å². The minimum Gasteiger partial charge on any atom is -0.540 e. The van der Waals surface area contributed by atoms with Gasteiger partial charge in [0.25, 0.3) is 0 Å². The van der Waals surface area contributed by atoms with E-state index in [1.54, 1.807) is 0 Å². The maximum Gasteiger partial charge on any atom is 0.416 e. The Labute approximate surface area is 301 Å². The van der Waals surface area contributed by atoms with Crippen molar-refractivity contribution in [1.82, 2.24) is 14.9 Å². The molecule has 1 radical (unpaired) electrons. The first-order chi connectivity index (χ1) is 22.6. The van der Waals surface area contributed by atoms with Crippen molar-refractivity contribution in [2.45, 2.75) is 110 Å². The van der Waals surface area contributed by atoms with E-state index >= 15 is 0 Å². The average molecular weight is 731 g/mol. The molecule has 1 aliphatic carbocycles. The number of carbonyl (C=O) groups excluding carboxylic acids is 3. The molecule has 3 N–H and O–H groups in total. The number of aliphatic hydroxyl groups excluding tert-OH is 1. The molecule has 1 aromatic heterocycles. The van der Waals surface area contributed by atoms with Crippen molar-refractivity contribution in [3.8, 4) is 5.88 Å². The fourth-order valence-corrected chi connectivity index (χ4v) is 5.89. The Morgan fingerprint density at radius 2 is 1.73 bits per heavy atom. The molecule has 1 amide bonds. The van der Waals surface area contributed by atoms with Gasteiger partial charge in [-0.1, -0.05) is 79.2 Å². The van der Waals surface area contributed by atoms with Crippen LogP contribution in [-0.4, -0.2) is 70.8 Å². The number of aldehydes is 1. The Morgan fingerprint density at radius 1 is 1.10 bits per heavy atom. The number of amides is 1. The number of ether oxygens (including phenoxy) is 1. The molecule has 0 spiro atoms. The summed E-state index contributed by atoms with van der Waals surface area (Å²) in [4.78, 5) is 40.9. The third-order valence-electron chi connectivity index (χ3n) is 8.98. The van der Waals surface area contributed by atoms with Gasteiger partial charge in [-0.15, -0.1) is 13.2 Å². The summed E-state index contributed by atoms with van der Waals surface area (Å²) in [5.41, 5.74) is 4.35. The van der Waals surface area contributed by atoms with Gasteiger partial charge < -0.3 is 30.1 Å².